The van der Waals surface area contributed by atoms with Crippen molar-refractivity contribution in [3.8, 4) is 5.75 Å². The van der Waals surface area contributed by atoms with Gasteiger partial charge in [-0.1, -0.05) is 56.1 Å². The SMILES string of the molecule is CC(C)(C)C(O)(Cc1ccc(Cl)cc1)C(Oc1ccc(Cl)cc1)n1cncn1. The van der Waals surface area contributed by atoms with Gasteiger partial charge in [0.15, 0.2) is 0 Å². The molecule has 2 aromatic carbocycles. The zero-order chi connectivity index (χ0) is 20.4. The van der Waals surface area contributed by atoms with Crippen molar-refractivity contribution in [3.05, 3.63) is 76.8 Å². The van der Waals surface area contributed by atoms with Crippen LogP contribution in [-0.2, 0) is 6.42 Å². The minimum Gasteiger partial charge on any atom is -0.465 e. The molecule has 2 atom stereocenters. The fourth-order valence-corrected chi connectivity index (χ4v) is 3.24. The van der Waals surface area contributed by atoms with Crippen molar-refractivity contribution < 1.29 is 9.84 Å². The van der Waals surface area contributed by atoms with Crippen LogP contribution in [0.15, 0.2) is 61.2 Å². The second kappa shape index (κ2) is 8.11. The molecule has 0 fully saturated rings. The second-order valence-electron chi connectivity index (χ2n) is 7.78. The van der Waals surface area contributed by atoms with Crippen LogP contribution < -0.4 is 4.74 Å². The van der Waals surface area contributed by atoms with Crippen LogP contribution in [0.2, 0.25) is 10.0 Å². The fraction of sp³-hybridized carbons (Fsp3) is 0.333. The molecule has 0 aliphatic rings. The summed E-state index contributed by atoms with van der Waals surface area (Å²) in [4.78, 5) is 4.04. The first-order chi connectivity index (χ1) is 13.2. The standard InChI is InChI=1S/C21H23Cl2N3O2/c1-20(2,3)21(27,12-15-4-6-16(22)7-5-15)19(26-14-24-13-25-26)28-18-10-8-17(23)9-11-18/h4-11,13-14,19,27H,12H2,1-3H3. The van der Waals surface area contributed by atoms with Crippen LogP contribution in [0.4, 0.5) is 0 Å². The predicted molar refractivity (Wildman–Crippen MR) is 111 cm³/mol. The molecule has 0 saturated heterocycles. The molecule has 0 aliphatic heterocycles. The molecule has 1 N–H and O–H groups in total. The van der Waals surface area contributed by atoms with Crippen molar-refractivity contribution in [1.82, 2.24) is 14.8 Å². The number of hydrogen-bond acceptors (Lipinski definition) is 4. The Morgan fingerprint density at radius 1 is 1.00 bits per heavy atom. The highest BCUT2D eigenvalue weighted by molar-refractivity contribution is 6.30. The number of aliphatic hydroxyl groups is 1. The molecule has 0 saturated carbocycles. The van der Waals surface area contributed by atoms with Crippen LogP contribution in [0.3, 0.4) is 0 Å². The Morgan fingerprint density at radius 2 is 1.57 bits per heavy atom. The van der Waals surface area contributed by atoms with Gasteiger partial charge in [-0.15, -0.1) is 0 Å². The smallest absolute Gasteiger partial charge is 0.222 e. The van der Waals surface area contributed by atoms with E-state index in [1.54, 1.807) is 30.6 Å². The number of aromatic nitrogens is 3. The van der Waals surface area contributed by atoms with E-state index in [2.05, 4.69) is 10.1 Å². The average Bonchev–Trinajstić information content (AvgIpc) is 3.16. The van der Waals surface area contributed by atoms with Crippen LogP contribution >= 0.6 is 23.2 Å². The summed E-state index contributed by atoms with van der Waals surface area (Å²) in [6.07, 6.45) is 2.49. The highest BCUT2D eigenvalue weighted by Gasteiger charge is 2.50. The molecule has 0 radical (unpaired) electrons. The molecule has 0 aliphatic carbocycles. The van der Waals surface area contributed by atoms with Crippen LogP contribution in [0.25, 0.3) is 0 Å². The monoisotopic (exact) mass is 419 g/mol. The Bertz CT molecular complexity index is 891. The molecule has 1 heterocycles. The van der Waals surface area contributed by atoms with E-state index >= 15 is 0 Å². The number of ether oxygens (including phenoxy) is 1. The largest absolute Gasteiger partial charge is 0.465 e. The van der Waals surface area contributed by atoms with Gasteiger partial charge in [-0.2, -0.15) is 5.10 Å². The maximum Gasteiger partial charge on any atom is 0.222 e. The van der Waals surface area contributed by atoms with Gasteiger partial charge < -0.3 is 9.84 Å². The van der Waals surface area contributed by atoms with Crippen molar-refractivity contribution in [2.75, 3.05) is 0 Å². The summed E-state index contributed by atoms with van der Waals surface area (Å²) in [7, 11) is 0. The number of halogens is 2. The molecule has 1 aromatic heterocycles. The third-order valence-electron chi connectivity index (χ3n) is 4.83. The van der Waals surface area contributed by atoms with E-state index in [0.717, 1.165) is 5.56 Å². The summed E-state index contributed by atoms with van der Waals surface area (Å²) < 4.78 is 7.76. The molecule has 2 unspecified atom stereocenters. The summed E-state index contributed by atoms with van der Waals surface area (Å²) in [5.41, 5.74) is -0.921. The van der Waals surface area contributed by atoms with Gasteiger partial charge in [0.1, 0.15) is 24.0 Å². The lowest BCUT2D eigenvalue weighted by Gasteiger charge is -2.45. The summed E-state index contributed by atoms with van der Waals surface area (Å²) in [5, 5.41) is 17.4. The average molecular weight is 420 g/mol. The highest BCUT2D eigenvalue weighted by Crippen LogP contribution is 2.42. The Morgan fingerprint density at radius 3 is 2.07 bits per heavy atom. The normalized spacial score (nSPS) is 15.1. The molecule has 148 valence electrons. The lowest BCUT2D eigenvalue weighted by Crippen LogP contribution is -2.54. The number of benzene rings is 2. The number of hydrogen-bond donors (Lipinski definition) is 1. The van der Waals surface area contributed by atoms with Gasteiger partial charge in [-0.3, -0.25) is 0 Å². The zero-order valence-corrected chi connectivity index (χ0v) is 17.5. The summed E-state index contributed by atoms with van der Waals surface area (Å²) in [6.45, 7) is 5.91. The highest BCUT2D eigenvalue weighted by atomic mass is 35.5. The Balaban J connectivity index is 2.03. The van der Waals surface area contributed by atoms with Crippen molar-refractivity contribution in [1.29, 1.82) is 0 Å². The molecular formula is C21H23Cl2N3O2. The maximum absolute atomic E-state index is 11.9. The second-order valence-corrected chi connectivity index (χ2v) is 8.65. The van der Waals surface area contributed by atoms with Crippen molar-refractivity contribution >= 4 is 23.2 Å². The first kappa shape index (κ1) is 20.6. The number of nitrogens with zero attached hydrogens (tertiary/aromatic N) is 3. The Labute approximate surface area is 174 Å². The van der Waals surface area contributed by atoms with Crippen LogP contribution in [0.1, 0.15) is 32.6 Å². The van der Waals surface area contributed by atoms with E-state index in [4.69, 9.17) is 27.9 Å². The molecule has 3 aromatic rings. The first-order valence-electron chi connectivity index (χ1n) is 8.92. The minimum atomic E-state index is -1.31. The fourth-order valence-electron chi connectivity index (χ4n) is 2.99. The molecular weight excluding hydrogens is 397 g/mol. The van der Waals surface area contributed by atoms with Crippen molar-refractivity contribution in [2.45, 2.75) is 39.0 Å². The predicted octanol–water partition coefficient (Wildman–Crippen LogP) is 5.18. The molecule has 5 nitrogen and oxygen atoms in total. The molecule has 28 heavy (non-hydrogen) atoms. The summed E-state index contributed by atoms with van der Waals surface area (Å²) >= 11 is 12.0. The third kappa shape index (κ3) is 4.49. The minimum absolute atomic E-state index is 0.339. The van der Waals surface area contributed by atoms with E-state index in [1.165, 1.54) is 11.0 Å². The Hall–Kier alpha value is -2.08. The van der Waals surface area contributed by atoms with Gasteiger partial charge >= 0.3 is 0 Å². The quantitative estimate of drug-likeness (QED) is 0.597. The van der Waals surface area contributed by atoms with Gasteiger partial charge in [-0.25, -0.2) is 9.67 Å². The van der Waals surface area contributed by atoms with Crippen molar-refractivity contribution in [2.24, 2.45) is 5.41 Å². The van der Waals surface area contributed by atoms with Gasteiger partial charge in [0.25, 0.3) is 0 Å². The lowest BCUT2D eigenvalue weighted by molar-refractivity contribution is -0.165. The van der Waals surface area contributed by atoms with E-state index in [0.29, 0.717) is 22.2 Å². The number of rotatable bonds is 6. The first-order valence-corrected chi connectivity index (χ1v) is 9.68. The van der Waals surface area contributed by atoms with Crippen LogP contribution in [0, 0.1) is 5.41 Å². The lowest BCUT2D eigenvalue weighted by atomic mass is 9.71. The molecule has 0 amide bonds. The Kier molecular flexibility index (Phi) is 5.98. The van der Waals surface area contributed by atoms with Gasteiger partial charge in [-0.05, 0) is 47.4 Å². The van der Waals surface area contributed by atoms with Crippen LogP contribution in [-0.4, -0.2) is 25.5 Å². The van der Waals surface area contributed by atoms with Crippen molar-refractivity contribution in [3.63, 3.8) is 0 Å². The third-order valence-corrected chi connectivity index (χ3v) is 5.34. The topological polar surface area (TPSA) is 60.2 Å². The molecule has 0 bridgehead atoms. The molecule has 0 spiro atoms. The van der Waals surface area contributed by atoms with Gasteiger partial charge in [0.05, 0.1) is 0 Å². The van der Waals surface area contributed by atoms with E-state index in [1.807, 2.05) is 45.0 Å². The van der Waals surface area contributed by atoms with Gasteiger partial charge in [0.2, 0.25) is 6.23 Å². The summed E-state index contributed by atoms with van der Waals surface area (Å²) in [6, 6.07) is 14.4. The van der Waals surface area contributed by atoms with Gasteiger partial charge in [0, 0.05) is 16.5 Å². The summed E-state index contributed by atoms with van der Waals surface area (Å²) in [5.74, 6) is 0.573. The maximum atomic E-state index is 11.9. The zero-order valence-electron chi connectivity index (χ0n) is 16.0. The van der Waals surface area contributed by atoms with Crippen LogP contribution in [0.5, 0.6) is 5.75 Å². The van der Waals surface area contributed by atoms with E-state index in [9.17, 15) is 5.11 Å². The van der Waals surface area contributed by atoms with E-state index in [-0.39, 0.29) is 0 Å². The van der Waals surface area contributed by atoms with E-state index < -0.39 is 17.2 Å². The molecule has 7 heteroatoms. The molecule has 3 rings (SSSR count).